The molecule has 10 heteroatoms. The molecule has 0 aromatic heterocycles. The van der Waals surface area contributed by atoms with Crippen LogP contribution in [0.3, 0.4) is 0 Å². The third-order valence-electron chi connectivity index (χ3n) is 2.59. The number of carbonyl (C=O) groups is 1. The quantitative estimate of drug-likeness (QED) is 0.166. The summed E-state index contributed by atoms with van der Waals surface area (Å²) in [7, 11) is -3.15. The van der Waals surface area contributed by atoms with Crippen molar-refractivity contribution in [2.45, 2.75) is 46.6 Å². The van der Waals surface area contributed by atoms with Crippen LogP contribution in [0, 0.1) is 0 Å². The van der Waals surface area contributed by atoms with Gasteiger partial charge in [0.05, 0.1) is 5.75 Å². The number of amides is 1. The fourth-order valence-electron chi connectivity index (χ4n) is 1.58. The zero-order valence-electron chi connectivity index (χ0n) is 15.2. The van der Waals surface area contributed by atoms with Gasteiger partial charge in [0.1, 0.15) is 6.54 Å². The van der Waals surface area contributed by atoms with Crippen molar-refractivity contribution in [2.75, 3.05) is 31.9 Å². The average Bonchev–Trinajstić information content (AvgIpc) is 2.42. The Balaban J connectivity index is 0. The predicted molar refractivity (Wildman–Crippen MR) is 109 cm³/mol. The lowest BCUT2D eigenvalue weighted by Gasteiger charge is -2.20. The summed E-state index contributed by atoms with van der Waals surface area (Å²) in [4.78, 5) is 15.9. The van der Waals surface area contributed by atoms with Gasteiger partial charge in [-0.3, -0.25) is 4.79 Å². The molecule has 0 saturated heterocycles. The largest absolute Gasteiger partial charge is 0.357 e. The maximum atomic E-state index is 11.7. The minimum absolute atomic E-state index is 0. The molecular weight excluding hydrogens is 445 g/mol. The van der Waals surface area contributed by atoms with Crippen LogP contribution in [0.1, 0.15) is 41.0 Å². The van der Waals surface area contributed by atoms with Gasteiger partial charge in [0.25, 0.3) is 0 Å². The minimum Gasteiger partial charge on any atom is -0.357 e. The van der Waals surface area contributed by atoms with Gasteiger partial charge in [-0.25, -0.2) is 18.1 Å². The lowest BCUT2D eigenvalue weighted by molar-refractivity contribution is -0.121. The molecule has 0 aliphatic rings. The van der Waals surface area contributed by atoms with Crippen LogP contribution in [0.25, 0.3) is 0 Å². The van der Waals surface area contributed by atoms with Crippen LogP contribution in [0.2, 0.25) is 0 Å². The molecule has 0 atom stereocenters. The van der Waals surface area contributed by atoms with Crippen molar-refractivity contribution < 1.29 is 13.2 Å². The standard InChI is InChI=1S/C14H31N5O3S.HI/c1-6-15-13(17-11-12(20)19-14(3,4)5)16-9-8-10-18-23(21,22)7-2;/h18H,6-11H2,1-5H3,(H,19,20)(H2,15,16,17);1H. The van der Waals surface area contributed by atoms with Gasteiger partial charge in [-0.15, -0.1) is 24.0 Å². The fraction of sp³-hybridized carbons (Fsp3) is 0.857. The first-order chi connectivity index (χ1) is 10.6. The summed E-state index contributed by atoms with van der Waals surface area (Å²) in [6.45, 7) is 10.9. The van der Waals surface area contributed by atoms with Crippen LogP contribution in [0.5, 0.6) is 0 Å². The van der Waals surface area contributed by atoms with E-state index in [2.05, 4.69) is 25.7 Å². The molecule has 0 heterocycles. The normalized spacial score (nSPS) is 12.3. The molecule has 0 aliphatic carbocycles. The molecule has 24 heavy (non-hydrogen) atoms. The molecule has 0 bridgehead atoms. The highest BCUT2D eigenvalue weighted by Gasteiger charge is 2.13. The molecule has 0 rings (SSSR count). The van der Waals surface area contributed by atoms with Gasteiger partial charge >= 0.3 is 0 Å². The Morgan fingerprint density at radius 3 is 2.21 bits per heavy atom. The van der Waals surface area contributed by atoms with Gasteiger partial charge in [-0.2, -0.15) is 0 Å². The molecule has 8 nitrogen and oxygen atoms in total. The van der Waals surface area contributed by atoms with Crippen molar-refractivity contribution in [2.24, 2.45) is 4.99 Å². The molecule has 4 N–H and O–H groups in total. The maximum absolute atomic E-state index is 11.7. The summed E-state index contributed by atoms with van der Waals surface area (Å²) in [5.74, 6) is 0.466. The lowest BCUT2D eigenvalue weighted by atomic mass is 10.1. The van der Waals surface area contributed by atoms with Crippen molar-refractivity contribution in [3.05, 3.63) is 0 Å². The average molecular weight is 477 g/mol. The SMILES string of the molecule is CCNC(=NCC(=O)NC(C)(C)C)NCCCNS(=O)(=O)CC.I. The van der Waals surface area contributed by atoms with Crippen molar-refractivity contribution in [3.63, 3.8) is 0 Å². The number of hydrogen-bond donors (Lipinski definition) is 4. The van der Waals surface area contributed by atoms with E-state index in [1.807, 2.05) is 27.7 Å². The zero-order chi connectivity index (χ0) is 17.9. The number of sulfonamides is 1. The molecule has 0 spiro atoms. The Morgan fingerprint density at radius 1 is 1.08 bits per heavy atom. The van der Waals surface area contributed by atoms with E-state index in [1.165, 1.54) is 0 Å². The summed E-state index contributed by atoms with van der Waals surface area (Å²) in [6.07, 6.45) is 0.623. The van der Waals surface area contributed by atoms with Gasteiger partial charge < -0.3 is 16.0 Å². The molecule has 0 aromatic rings. The number of nitrogens with one attached hydrogen (secondary N) is 4. The Hall–Kier alpha value is -0.620. The maximum Gasteiger partial charge on any atom is 0.242 e. The van der Waals surface area contributed by atoms with Crippen molar-refractivity contribution in [3.8, 4) is 0 Å². The van der Waals surface area contributed by atoms with E-state index >= 15 is 0 Å². The molecule has 0 fully saturated rings. The molecule has 0 aromatic carbocycles. The Morgan fingerprint density at radius 2 is 1.71 bits per heavy atom. The number of carbonyl (C=O) groups excluding carboxylic acids is 1. The third-order valence-corrected chi connectivity index (χ3v) is 3.99. The van der Waals surface area contributed by atoms with Crippen LogP contribution in [0.15, 0.2) is 4.99 Å². The smallest absolute Gasteiger partial charge is 0.242 e. The first-order valence-corrected chi connectivity index (χ1v) is 9.55. The van der Waals surface area contributed by atoms with Gasteiger partial charge in [-0.1, -0.05) is 0 Å². The first-order valence-electron chi connectivity index (χ1n) is 7.90. The highest BCUT2D eigenvalue weighted by Crippen LogP contribution is 1.97. The second-order valence-electron chi connectivity index (χ2n) is 6.07. The highest BCUT2D eigenvalue weighted by molar-refractivity contribution is 14.0. The number of nitrogens with zero attached hydrogens (tertiary/aromatic N) is 1. The number of hydrogen-bond acceptors (Lipinski definition) is 4. The lowest BCUT2D eigenvalue weighted by Crippen LogP contribution is -2.43. The number of aliphatic imine (C=N–C) groups is 1. The second kappa shape index (κ2) is 12.7. The van der Waals surface area contributed by atoms with E-state index in [9.17, 15) is 13.2 Å². The van der Waals surface area contributed by atoms with Gasteiger partial charge in [0.15, 0.2) is 5.96 Å². The number of guanidine groups is 1. The van der Waals surface area contributed by atoms with Crippen LogP contribution < -0.4 is 20.7 Å². The molecule has 0 radical (unpaired) electrons. The molecule has 0 unspecified atom stereocenters. The molecule has 1 amide bonds. The van der Waals surface area contributed by atoms with Crippen LogP contribution in [0.4, 0.5) is 0 Å². The molecule has 0 saturated carbocycles. The van der Waals surface area contributed by atoms with E-state index in [0.29, 0.717) is 32.0 Å². The Bertz CT molecular complexity index is 489. The zero-order valence-corrected chi connectivity index (χ0v) is 18.4. The van der Waals surface area contributed by atoms with Crippen molar-refractivity contribution >= 4 is 45.9 Å². The third kappa shape index (κ3) is 14.9. The summed E-state index contributed by atoms with van der Waals surface area (Å²) in [5.41, 5.74) is -0.283. The van der Waals surface area contributed by atoms with Crippen molar-refractivity contribution in [1.82, 2.24) is 20.7 Å². The van der Waals surface area contributed by atoms with Crippen LogP contribution >= 0.6 is 24.0 Å². The second-order valence-corrected chi connectivity index (χ2v) is 8.17. The van der Waals surface area contributed by atoms with E-state index in [0.717, 1.165) is 0 Å². The van der Waals surface area contributed by atoms with Crippen molar-refractivity contribution in [1.29, 1.82) is 0 Å². The van der Waals surface area contributed by atoms with E-state index in [4.69, 9.17) is 0 Å². The van der Waals surface area contributed by atoms with Gasteiger partial charge in [0, 0.05) is 25.2 Å². The fourth-order valence-corrected chi connectivity index (χ4v) is 2.23. The van der Waals surface area contributed by atoms with Gasteiger partial charge in [-0.05, 0) is 41.0 Å². The molecule has 0 aliphatic heterocycles. The van der Waals surface area contributed by atoms with Crippen LogP contribution in [-0.4, -0.2) is 57.8 Å². The van der Waals surface area contributed by atoms with Gasteiger partial charge in [0.2, 0.25) is 15.9 Å². The number of rotatable bonds is 9. The topological polar surface area (TPSA) is 112 Å². The summed E-state index contributed by atoms with van der Waals surface area (Å²) in [6, 6.07) is 0. The predicted octanol–water partition coefficient (Wildman–Crippen LogP) is 0.404. The molecular formula is C14H32IN5O3S. The first kappa shape index (κ1) is 25.6. The van der Waals surface area contributed by atoms with Crippen LogP contribution in [-0.2, 0) is 14.8 Å². The summed E-state index contributed by atoms with van der Waals surface area (Å²) < 4.78 is 25.1. The minimum atomic E-state index is -3.15. The summed E-state index contributed by atoms with van der Waals surface area (Å²) in [5, 5.41) is 8.94. The summed E-state index contributed by atoms with van der Waals surface area (Å²) >= 11 is 0. The highest BCUT2D eigenvalue weighted by atomic mass is 127. The molecule has 144 valence electrons. The van der Waals surface area contributed by atoms with E-state index in [-0.39, 0.29) is 47.7 Å². The van der Waals surface area contributed by atoms with E-state index in [1.54, 1.807) is 6.92 Å². The van der Waals surface area contributed by atoms with E-state index < -0.39 is 10.0 Å². The monoisotopic (exact) mass is 477 g/mol. The Kier molecular flexibility index (Phi) is 13.6. The Labute approximate surface area is 163 Å². The number of halogens is 1.